The highest BCUT2D eigenvalue weighted by atomic mass is 16.2. The number of aromatic nitrogens is 2. The minimum absolute atomic E-state index is 0.106. The minimum atomic E-state index is -0.359. The minimum Gasteiger partial charge on any atom is -0.296 e. The Labute approximate surface area is 144 Å². The number of amides is 1. The Kier molecular flexibility index (Phi) is 4.99. The molecule has 6 heteroatoms. The lowest BCUT2D eigenvalue weighted by Crippen LogP contribution is -2.31. The van der Waals surface area contributed by atoms with Gasteiger partial charge in [-0.05, 0) is 24.6 Å². The monoisotopic (exact) mass is 334 g/mol. The highest BCUT2D eigenvalue weighted by Crippen LogP contribution is 2.09. The van der Waals surface area contributed by atoms with Crippen LogP contribution in [-0.2, 0) is 17.8 Å². The maximum Gasteiger partial charge on any atom is 0.272 e. The van der Waals surface area contributed by atoms with Crippen molar-refractivity contribution in [2.24, 2.45) is 5.10 Å². The molecule has 0 spiro atoms. The Morgan fingerprint density at radius 1 is 1.16 bits per heavy atom. The lowest BCUT2D eigenvalue weighted by molar-refractivity contribution is -0.121. The topological polar surface area (TPSA) is 76.3 Å². The number of para-hydroxylation sites is 2. The predicted molar refractivity (Wildman–Crippen MR) is 97.5 cm³/mol. The zero-order valence-electron chi connectivity index (χ0n) is 13.8. The average molecular weight is 334 g/mol. The van der Waals surface area contributed by atoms with E-state index >= 15 is 0 Å². The number of carbonyl (C=O) groups is 1. The summed E-state index contributed by atoms with van der Waals surface area (Å²) in [4.78, 5) is 28.7. The summed E-state index contributed by atoms with van der Waals surface area (Å²) in [6.45, 7) is 1.53. The van der Waals surface area contributed by atoms with Crippen LogP contribution in [0.5, 0.6) is 0 Å². The van der Waals surface area contributed by atoms with Crippen molar-refractivity contribution in [1.82, 2.24) is 15.0 Å². The molecule has 0 saturated heterocycles. The van der Waals surface area contributed by atoms with Crippen LogP contribution in [0.25, 0.3) is 11.0 Å². The van der Waals surface area contributed by atoms with Gasteiger partial charge in [0, 0.05) is 12.6 Å². The molecule has 126 valence electrons. The Morgan fingerprint density at radius 3 is 2.68 bits per heavy atom. The third kappa shape index (κ3) is 3.98. The first-order chi connectivity index (χ1) is 12.1. The summed E-state index contributed by atoms with van der Waals surface area (Å²) < 4.78 is 1.42. The second-order valence-corrected chi connectivity index (χ2v) is 5.61. The molecule has 0 radical (unpaired) electrons. The van der Waals surface area contributed by atoms with Crippen LogP contribution >= 0.6 is 0 Å². The zero-order valence-corrected chi connectivity index (χ0v) is 13.8. The van der Waals surface area contributed by atoms with Crippen molar-refractivity contribution in [3.63, 3.8) is 0 Å². The van der Waals surface area contributed by atoms with Gasteiger partial charge >= 0.3 is 0 Å². The molecule has 1 heterocycles. The van der Waals surface area contributed by atoms with Gasteiger partial charge in [-0.15, -0.1) is 0 Å². The van der Waals surface area contributed by atoms with Crippen LogP contribution in [0.3, 0.4) is 0 Å². The van der Waals surface area contributed by atoms with Crippen LogP contribution in [0.15, 0.2) is 64.5 Å². The van der Waals surface area contributed by atoms with Gasteiger partial charge in [-0.3, -0.25) is 14.2 Å². The molecule has 1 amide bonds. The Balaban J connectivity index is 1.70. The van der Waals surface area contributed by atoms with E-state index in [1.165, 1.54) is 4.57 Å². The molecule has 0 aliphatic heterocycles. The summed E-state index contributed by atoms with van der Waals surface area (Å²) >= 11 is 0. The fourth-order valence-electron chi connectivity index (χ4n) is 2.54. The summed E-state index contributed by atoms with van der Waals surface area (Å²) in [5.41, 5.74) is 4.96. The van der Waals surface area contributed by atoms with Gasteiger partial charge in [-0.25, -0.2) is 10.4 Å². The van der Waals surface area contributed by atoms with Crippen molar-refractivity contribution < 1.29 is 4.79 Å². The van der Waals surface area contributed by atoms with Gasteiger partial charge in [0.05, 0.1) is 11.0 Å². The molecule has 0 unspecified atom stereocenters. The Morgan fingerprint density at radius 2 is 1.88 bits per heavy atom. The smallest absolute Gasteiger partial charge is 0.272 e. The van der Waals surface area contributed by atoms with Gasteiger partial charge in [0.25, 0.3) is 11.5 Å². The number of hydrazone groups is 1. The number of nitrogens with one attached hydrogen (secondary N) is 1. The Hall–Kier alpha value is -3.28. The van der Waals surface area contributed by atoms with Gasteiger partial charge in [0.2, 0.25) is 0 Å². The van der Waals surface area contributed by atoms with Crippen molar-refractivity contribution >= 4 is 23.2 Å². The number of rotatable bonds is 5. The fourth-order valence-corrected chi connectivity index (χ4v) is 2.54. The second kappa shape index (κ2) is 7.53. The maximum atomic E-state index is 12.3. The van der Waals surface area contributed by atoms with Gasteiger partial charge in [0.1, 0.15) is 12.2 Å². The van der Waals surface area contributed by atoms with Gasteiger partial charge in [0.15, 0.2) is 0 Å². The van der Waals surface area contributed by atoms with Crippen LogP contribution in [0.4, 0.5) is 0 Å². The number of fused-ring (bicyclic) bond motifs is 1. The van der Waals surface area contributed by atoms with E-state index in [4.69, 9.17) is 0 Å². The molecule has 3 aromatic rings. The number of nitrogens with zero attached hydrogens (tertiary/aromatic N) is 3. The van der Waals surface area contributed by atoms with E-state index in [0.29, 0.717) is 23.1 Å². The lowest BCUT2D eigenvalue weighted by Gasteiger charge is -2.09. The molecule has 25 heavy (non-hydrogen) atoms. The largest absolute Gasteiger partial charge is 0.296 e. The summed E-state index contributed by atoms with van der Waals surface area (Å²) in [7, 11) is 0. The number of benzene rings is 2. The van der Waals surface area contributed by atoms with E-state index in [9.17, 15) is 9.59 Å². The lowest BCUT2D eigenvalue weighted by atomic mass is 10.2. The quantitative estimate of drug-likeness (QED) is 0.573. The van der Waals surface area contributed by atoms with E-state index in [2.05, 4.69) is 15.5 Å². The van der Waals surface area contributed by atoms with E-state index in [-0.39, 0.29) is 18.0 Å². The molecule has 0 aliphatic carbocycles. The molecule has 0 aliphatic rings. The van der Waals surface area contributed by atoms with Crippen LogP contribution in [0.1, 0.15) is 11.3 Å². The summed E-state index contributed by atoms with van der Waals surface area (Å²) in [5, 5.41) is 3.94. The zero-order chi connectivity index (χ0) is 17.6. The number of hydrogen-bond acceptors (Lipinski definition) is 4. The normalized spacial score (nSPS) is 11.1. The molecular weight excluding hydrogens is 316 g/mol. The average Bonchev–Trinajstić information content (AvgIpc) is 2.63. The van der Waals surface area contributed by atoms with Crippen molar-refractivity contribution in [1.29, 1.82) is 0 Å². The molecule has 1 N–H and O–H groups in total. The second-order valence-electron chi connectivity index (χ2n) is 5.61. The van der Waals surface area contributed by atoms with Crippen molar-refractivity contribution in [3.8, 4) is 0 Å². The molecule has 6 nitrogen and oxygen atoms in total. The maximum absolute atomic E-state index is 12.3. The van der Waals surface area contributed by atoms with E-state index in [0.717, 1.165) is 5.56 Å². The van der Waals surface area contributed by atoms with E-state index in [1.807, 2.05) is 48.5 Å². The summed E-state index contributed by atoms with van der Waals surface area (Å²) in [6, 6.07) is 17.1. The first-order valence-corrected chi connectivity index (χ1v) is 7.95. The molecule has 0 atom stereocenters. The number of hydrogen-bond donors (Lipinski definition) is 1. The van der Waals surface area contributed by atoms with Gasteiger partial charge < -0.3 is 0 Å². The molecule has 0 saturated carbocycles. The summed E-state index contributed by atoms with van der Waals surface area (Å²) in [6.07, 6.45) is 2.25. The van der Waals surface area contributed by atoms with Crippen molar-refractivity contribution in [2.45, 2.75) is 19.9 Å². The van der Waals surface area contributed by atoms with Crippen LogP contribution < -0.4 is 11.0 Å². The molecule has 3 rings (SSSR count). The molecule has 1 aromatic heterocycles. The third-order valence-corrected chi connectivity index (χ3v) is 3.77. The molecule has 0 fully saturated rings. The third-order valence-electron chi connectivity index (χ3n) is 3.77. The van der Waals surface area contributed by atoms with Crippen molar-refractivity contribution in [3.05, 3.63) is 76.2 Å². The number of carbonyl (C=O) groups excluding carboxylic acids is 1. The summed E-state index contributed by atoms with van der Waals surface area (Å²) in [5.74, 6) is -0.359. The van der Waals surface area contributed by atoms with Crippen LogP contribution in [-0.4, -0.2) is 21.7 Å². The fraction of sp³-hybridized carbons (Fsp3) is 0.158. The van der Waals surface area contributed by atoms with Crippen LogP contribution in [0, 0.1) is 6.92 Å². The highest BCUT2D eigenvalue weighted by molar-refractivity contribution is 5.80. The predicted octanol–water partition coefficient (Wildman–Crippen LogP) is 2.05. The standard InChI is InChI=1S/C19H18N4O2/c1-14-19(25)23(17-10-6-5-9-16(17)21-14)13-18(24)22-20-12-11-15-7-3-2-4-8-15/h2-10,12H,11,13H2,1H3,(H,22,24)/b20-12+. The molecule has 2 aromatic carbocycles. The Bertz CT molecular complexity index is 978. The molecule has 0 bridgehead atoms. The molecular formula is C19H18N4O2. The SMILES string of the molecule is Cc1nc2ccccc2n(CC(=O)N/N=C/Cc2ccccc2)c1=O. The first kappa shape index (κ1) is 16.6. The van der Waals surface area contributed by atoms with Crippen molar-refractivity contribution in [2.75, 3.05) is 0 Å². The highest BCUT2D eigenvalue weighted by Gasteiger charge is 2.10. The van der Waals surface area contributed by atoms with Gasteiger partial charge in [-0.1, -0.05) is 42.5 Å². The van der Waals surface area contributed by atoms with E-state index in [1.54, 1.807) is 19.2 Å². The van der Waals surface area contributed by atoms with Gasteiger partial charge in [-0.2, -0.15) is 5.10 Å². The number of aryl methyl sites for hydroxylation is 1. The van der Waals surface area contributed by atoms with E-state index < -0.39 is 0 Å². The van der Waals surface area contributed by atoms with Crippen LogP contribution in [0.2, 0.25) is 0 Å². The first-order valence-electron chi connectivity index (χ1n) is 7.95.